The molecule has 1 aliphatic rings. The molecule has 1 saturated heterocycles. The molecule has 152 valence electrons. The SMILES string of the molecule is Cc1cc(-c2cnn(C)c2)cc([C@H]2CCN(C(=O)Cc3c[nH]c4ccccc34)C2)n1. The lowest BCUT2D eigenvalue weighted by Crippen LogP contribution is -2.29. The Morgan fingerprint density at radius 1 is 1.23 bits per heavy atom. The van der Waals surface area contributed by atoms with E-state index >= 15 is 0 Å². The minimum absolute atomic E-state index is 0.183. The summed E-state index contributed by atoms with van der Waals surface area (Å²) in [5.74, 6) is 0.453. The third-order valence-electron chi connectivity index (χ3n) is 5.99. The normalized spacial score (nSPS) is 16.5. The lowest BCUT2D eigenvalue weighted by Gasteiger charge is -2.17. The first kappa shape index (κ1) is 18.6. The molecule has 6 nitrogen and oxygen atoms in total. The van der Waals surface area contributed by atoms with Gasteiger partial charge in [0.1, 0.15) is 0 Å². The van der Waals surface area contributed by atoms with E-state index < -0.39 is 0 Å². The van der Waals surface area contributed by atoms with Crippen molar-refractivity contribution in [2.45, 2.75) is 25.7 Å². The number of aromatic nitrogens is 4. The van der Waals surface area contributed by atoms with Crippen molar-refractivity contribution in [1.29, 1.82) is 0 Å². The first-order valence-corrected chi connectivity index (χ1v) is 10.4. The number of hydrogen-bond acceptors (Lipinski definition) is 3. The number of carbonyl (C=O) groups excluding carboxylic acids is 1. The van der Waals surface area contributed by atoms with Gasteiger partial charge in [0.2, 0.25) is 5.91 Å². The van der Waals surface area contributed by atoms with E-state index in [-0.39, 0.29) is 11.8 Å². The Balaban J connectivity index is 1.32. The number of rotatable bonds is 4. The molecule has 5 rings (SSSR count). The number of benzene rings is 1. The molecular formula is C24H25N5O. The average molecular weight is 399 g/mol. The molecule has 0 saturated carbocycles. The summed E-state index contributed by atoms with van der Waals surface area (Å²) >= 11 is 0. The number of pyridine rings is 1. The predicted octanol–water partition coefficient (Wildman–Crippen LogP) is 3.83. The van der Waals surface area contributed by atoms with Gasteiger partial charge in [0.05, 0.1) is 12.6 Å². The summed E-state index contributed by atoms with van der Waals surface area (Å²) in [5.41, 5.74) is 6.42. The Morgan fingerprint density at radius 2 is 2.10 bits per heavy atom. The zero-order chi connectivity index (χ0) is 20.7. The summed E-state index contributed by atoms with van der Waals surface area (Å²) in [5, 5.41) is 5.41. The molecule has 1 amide bonds. The molecule has 4 aromatic rings. The summed E-state index contributed by atoms with van der Waals surface area (Å²) in [4.78, 5) is 23.0. The number of nitrogens with zero attached hydrogens (tertiary/aromatic N) is 4. The van der Waals surface area contributed by atoms with E-state index in [1.54, 1.807) is 0 Å². The van der Waals surface area contributed by atoms with Gasteiger partial charge in [-0.15, -0.1) is 0 Å². The second-order valence-corrected chi connectivity index (χ2v) is 8.19. The van der Waals surface area contributed by atoms with Crippen LogP contribution in [0.15, 0.2) is 55.0 Å². The number of amides is 1. The molecule has 1 aliphatic heterocycles. The zero-order valence-electron chi connectivity index (χ0n) is 17.3. The van der Waals surface area contributed by atoms with Gasteiger partial charge in [-0.3, -0.25) is 14.5 Å². The smallest absolute Gasteiger partial charge is 0.227 e. The molecule has 0 bridgehead atoms. The molecule has 0 radical (unpaired) electrons. The van der Waals surface area contributed by atoms with E-state index in [4.69, 9.17) is 4.98 Å². The lowest BCUT2D eigenvalue weighted by molar-refractivity contribution is -0.129. The molecule has 0 spiro atoms. The summed E-state index contributed by atoms with van der Waals surface area (Å²) in [6.45, 7) is 3.53. The van der Waals surface area contributed by atoms with Crippen molar-refractivity contribution < 1.29 is 4.79 Å². The maximum absolute atomic E-state index is 13.0. The molecular weight excluding hydrogens is 374 g/mol. The van der Waals surface area contributed by atoms with Crippen molar-refractivity contribution in [2.75, 3.05) is 13.1 Å². The van der Waals surface area contributed by atoms with Gasteiger partial charge < -0.3 is 9.88 Å². The molecule has 0 aliphatic carbocycles. The molecule has 1 atom stereocenters. The minimum atomic E-state index is 0.183. The van der Waals surface area contributed by atoms with Crippen LogP contribution in [-0.4, -0.2) is 43.6 Å². The van der Waals surface area contributed by atoms with Gasteiger partial charge in [-0.1, -0.05) is 18.2 Å². The van der Waals surface area contributed by atoms with Crippen LogP contribution in [0.2, 0.25) is 0 Å². The number of hydrogen-bond donors (Lipinski definition) is 1. The van der Waals surface area contributed by atoms with Crippen LogP contribution in [0.4, 0.5) is 0 Å². The van der Waals surface area contributed by atoms with Crippen molar-refractivity contribution >= 4 is 16.8 Å². The minimum Gasteiger partial charge on any atom is -0.361 e. The van der Waals surface area contributed by atoms with Gasteiger partial charge >= 0.3 is 0 Å². The molecule has 6 heteroatoms. The van der Waals surface area contributed by atoms with E-state index in [0.29, 0.717) is 6.42 Å². The highest BCUT2D eigenvalue weighted by atomic mass is 16.2. The van der Waals surface area contributed by atoms with Crippen LogP contribution in [0, 0.1) is 6.92 Å². The Kier molecular flexibility index (Phi) is 4.62. The lowest BCUT2D eigenvalue weighted by atomic mass is 10.00. The highest BCUT2D eigenvalue weighted by molar-refractivity contribution is 5.89. The highest BCUT2D eigenvalue weighted by Crippen LogP contribution is 2.30. The summed E-state index contributed by atoms with van der Waals surface area (Å²) in [6, 6.07) is 12.4. The van der Waals surface area contributed by atoms with Crippen molar-refractivity contribution in [3.63, 3.8) is 0 Å². The van der Waals surface area contributed by atoms with Gasteiger partial charge in [-0.05, 0) is 42.7 Å². The van der Waals surface area contributed by atoms with Crippen molar-refractivity contribution in [1.82, 2.24) is 24.6 Å². The number of fused-ring (bicyclic) bond motifs is 1. The first-order valence-electron chi connectivity index (χ1n) is 10.4. The number of likely N-dealkylation sites (tertiary alicyclic amines) is 1. The van der Waals surface area contributed by atoms with Crippen LogP contribution in [0.25, 0.3) is 22.0 Å². The van der Waals surface area contributed by atoms with E-state index in [1.165, 1.54) is 0 Å². The Labute approximate surface area is 175 Å². The van der Waals surface area contributed by atoms with Gasteiger partial charge in [0.25, 0.3) is 0 Å². The predicted molar refractivity (Wildman–Crippen MR) is 117 cm³/mol. The first-order chi connectivity index (χ1) is 14.6. The Morgan fingerprint density at radius 3 is 2.93 bits per heavy atom. The van der Waals surface area contributed by atoms with Crippen LogP contribution in [0.1, 0.15) is 29.3 Å². The van der Waals surface area contributed by atoms with E-state index in [9.17, 15) is 4.79 Å². The van der Waals surface area contributed by atoms with Crippen LogP contribution in [0.3, 0.4) is 0 Å². The molecule has 4 heterocycles. The van der Waals surface area contributed by atoms with Gasteiger partial charge in [0.15, 0.2) is 0 Å². The maximum Gasteiger partial charge on any atom is 0.227 e. The second-order valence-electron chi connectivity index (χ2n) is 8.19. The van der Waals surface area contributed by atoms with E-state index in [1.807, 2.05) is 60.3 Å². The number of nitrogens with one attached hydrogen (secondary N) is 1. The molecule has 1 aromatic carbocycles. The van der Waals surface area contributed by atoms with Crippen LogP contribution < -0.4 is 0 Å². The molecule has 30 heavy (non-hydrogen) atoms. The van der Waals surface area contributed by atoms with Crippen molar-refractivity contribution in [3.05, 3.63) is 71.9 Å². The largest absolute Gasteiger partial charge is 0.361 e. The topological polar surface area (TPSA) is 66.8 Å². The highest BCUT2D eigenvalue weighted by Gasteiger charge is 2.29. The van der Waals surface area contributed by atoms with E-state index in [0.717, 1.165) is 58.5 Å². The summed E-state index contributed by atoms with van der Waals surface area (Å²) < 4.78 is 1.81. The van der Waals surface area contributed by atoms with E-state index in [2.05, 4.69) is 28.3 Å². The van der Waals surface area contributed by atoms with Crippen molar-refractivity contribution in [2.24, 2.45) is 7.05 Å². The fourth-order valence-electron chi connectivity index (χ4n) is 4.42. The van der Waals surface area contributed by atoms with Crippen molar-refractivity contribution in [3.8, 4) is 11.1 Å². The second kappa shape index (κ2) is 7.44. The molecule has 1 fully saturated rings. The third-order valence-corrected chi connectivity index (χ3v) is 5.99. The number of para-hydroxylation sites is 1. The summed E-state index contributed by atoms with van der Waals surface area (Å²) in [6.07, 6.45) is 7.23. The number of aryl methyl sites for hydroxylation is 2. The summed E-state index contributed by atoms with van der Waals surface area (Å²) in [7, 11) is 1.92. The number of aromatic amines is 1. The van der Waals surface area contributed by atoms with Gasteiger partial charge in [-0.2, -0.15) is 5.10 Å². The van der Waals surface area contributed by atoms with Crippen LogP contribution in [0.5, 0.6) is 0 Å². The third kappa shape index (κ3) is 3.49. The van der Waals surface area contributed by atoms with Crippen LogP contribution >= 0.6 is 0 Å². The molecule has 1 N–H and O–H groups in total. The molecule has 3 aromatic heterocycles. The quantitative estimate of drug-likeness (QED) is 0.567. The van der Waals surface area contributed by atoms with Gasteiger partial charge in [-0.25, -0.2) is 0 Å². The van der Waals surface area contributed by atoms with Gasteiger partial charge in [0, 0.05) is 66.3 Å². The fourth-order valence-corrected chi connectivity index (χ4v) is 4.42. The standard InChI is InChI=1S/C24H25N5O/c1-16-9-18(20-13-26-28(2)14-20)10-23(27-16)17-7-8-29(15-17)24(30)11-19-12-25-22-6-4-3-5-21(19)22/h3-6,9-10,12-14,17,25H,7-8,11,15H2,1-2H3/t17-/m0/s1. The fraction of sp³-hybridized carbons (Fsp3) is 0.292. The number of carbonyl (C=O) groups is 1. The monoisotopic (exact) mass is 399 g/mol. The zero-order valence-corrected chi connectivity index (χ0v) is 17.3. The van der Waals surface area contributed by atoms with Crippen LogP contribution in [-0.2, 0) is 18.3 Å². The molecule has 0 unspecified atom stereocenters. The maximum atomic E-state index is 13.0. The Hall–Kier alpha value is -3.41. The Bertz CT molecular complexity index is 1220. The average Bonchev–Trinajstić information content (AvgIpc) is 3.48. The number of H-pyrrole nitrogens is 1.